The van der Waals surface area contributed by atoms with Crippen molar-refractivity contribution >= 4 is 5.91 Å². The molecule has 0 aromatic carbocycles. The van der Waals surface area contributed by atoms with Gasteiger partial charge in [-0.25, -0.2) is 0 Å². The molecular weight excluding hydrogens is 288 g/mol. The Morgan fingerprint density at radius 3 is 2.52 bits per heavy atom. The molecule has 0 radical (unpaired) electrons. The molecule has 1 fully saturated rings. The molecular formula is C19H32N2O2. The maximum absolute atomic E-state index is 11.9. The number of rotatable bonds is 9. The van der Waals surface area contributed by atoms with E-state index in [0.717, 1.165) is 51.4 Å². The second-order valence-corrected chi connectivity index (χ2v) is 6.26. The van der Waals surface area contributed by atoms with Crippen LogP contribution in [0, 0.1) is 0 Å². The van der Waals surface area contributed by atoms with Gasteiger partial charge in [0.25, 0.3) is 0 Å². The van der Waals surface area contributed by atoms with Crippen molar-refractivity contribution in [1.29, 1.82) is 0 Å². The zero-order valence-corrected chi connectivity index (χ0v) is 14.3. The fourth-order valence-electron chi connectivity index (χ4n) is 2.93. The second kappa shape index (κ2) is 11.9. The number of hydrogen-bond acceptors (Lipinski definition) is 3. The molecule has 4 nitrogen and oxygen atoms in total. The van der Waals surface area contributed by atoms with Gasteiger partial charge >= 0.3 is 0 Å². The second-order valence-electron chi connectivity index (χ2n) is 6.26. The van der Waals surface area contributed by atoms with Crippen molar-refractivity contribution < 1.29 is 9.90 Å². The van der Waals surface area contributed by atoms with Crippen LogP contribution in [0.4, 0.5) is 0 Å². The Bertz CT molecular complexity index is 419. The molecule has 0 atom stereocenters. The average Bonchev–Trinajstić information content (AvgIpc) is 2.54. The van der Waals surface area contributed by atoms with Crippen molar-refractivity contribution in [2.24, 2.45) is 5.73 Å². The summed E-state index contributed by atoms with van der Waals surface area (Å²) in [6, 6.07) is 0.262. The van der Waals surface area contributed by atoms with Crippen molar-refractivity contribution in [2.75, 3.05) is 0 Å². The van der Waals surface area contributed by atoms with Crippen LogP contribution in [-0.4, -0.2) is 23.2 Å². The Morgan fingerprint density at radius 2 is 1.87 bits per heavy atom. The highest BCUT2D eigenvalue weighted by Gasteiger charge is 2.20. The number of allylic oxidation sites excluding steroid dienone is 5. The molecule has 0 aliphatic heterocycles. The number of aliphatic hydroxyl groups is 1. The molecule has 1 rings (SSSR count). The van der Waals surface area contributed by atoms with Crippen LogP contribution in [0.25, 0.3) is 0 Å². The van der Waals surface area contributed by atoms with Crippen LogP contribution in [0.2, 0.25) is 0 Å². The van der Waals surface area contributed by atoms with Crippen molar-refractivity contribution in [3.8, 4) is 0 Å². The van der Waals surface area contributed by atoms with Crippen molar-refractivity contribution in [3.63, 3.8) is 0 Å². The molecule has 0 heterocycles. The summed E-state index contributed by atoms with van der Waals surface area (Å²) in [4.78, 5) is 11.9. The van der Waals surface area contributed by atoms with Gasteiger partial charge < -0.3 is 16.2 Å². The van der Waals surface area contributed by atoms with Crippen LogP contribution in [-0.2, 0) is 4.79 Å². The summed E-state index contributed by atoms with van der Waals surface area (Å²) in [6.07, 6.45) is 17.5. The predicted molar refractivity (Wildman–Crippen MR) is 95.7 cm³/mol. The Morgan fingerprint density at radius 1 is 1.17 bits per heavy atom. The minimum Gasteiger partial charge on any atom is -0.405 e. The maximum atomic E-state index is 11.9. The molecule has 1 aliphatic carbocycles. The number of amides is 1. The Hall–Kier alpha value is -1.55. The van der Waals surface area contributed by atoms with Gasteiger partial charge in [0, 0.05) is 12.5 Å². The summed E-state index contributed by atoms with van der Waals surface area (Å²) in [5, 5.41) is 12.6. The standard InChI is InChI=1S/C19H32N2O2/c1-2-7-16(9-6-15-20)8-4-3-5-10-19(23)21-17-11-13-18(22)14-12-17/h2,6-7,9,15,17-18,22H,3-5,8,10-14,20H2,1H3,(H,21,23)/b7-2-,15-6-,16-9+. The van der Waals surface area contributed by atoms with E-state index in [2.05, 4.69) is 11.4 Å². The summed E-state index contributed by atoms with van der Waals surface area (Å²) in [5.41, 5.74) is 6.62. The maximum Gasteiger partial charge on any atom is 0.220 e. The fraction of sp³-hybridized carbons (Fsp3) is 0.632. The van der Waals surface area contributed by atoms with Gasteiger partial charge in [-0.15, -0.1) is 0 Å². The normalized spacial score (nSPS) is 22.8. The minimum absolute atomic E-state index is 0.154. The molecule has 4 heteroatoms. The zero-order chi connectivity index (χ0) is 16.9. The van der Waals surface area contributed by atoms with Crippen LogP contribution in [0.5, 0.6) is 0 Å². The lowest BCUT2D eigenvalue weighted by atomic mass is 9.93. The lowest BCUT2D eigenvalue weighted by Crippen LogP contribution is -2.38. The van der Waals surface area contributed by atoms with Gasteiger partial charge in [-0.1, -0.05) is 24.6 Å². The number of carbonyl (C=O) groups is 1. The van der Waals surface area contributed by atoms with Gasteiger partial charge in [0.05, 0.1) is 6.10 Å². The smallest absolute Gasteiger partial charge is 0.220 e. The summed E-state index contributed by atoms with van der Waals surface area (Å²) in [7, 11) is 0. The first kappa shape index (κ1) is 19.5. The summed E-state index contributed by atoms with van der Waals surface area (Å²) >= 11 is 0. The highest BCUT2D eigenvalue weighted by molar-refractivity contribution is 5.76. The summed E-state index contributed by atoms with van der Waals surface area (Å²) < 4.78 is 0. The number of aliphatic hydroxyl groups excluding tert-OH is 1. The van der Waals surface area contributed by atoms with Gasteiger partial charge in [-0.3, -0.25) is 4.79 Å². The summed E-state index contributed by atoms with van der Waals surface area (Å²) in [6.45, 7) is 2.01. The van der Waals surface area contributed by atoms with Crippen LogP contribution >= 0.6 is 0 Å². The molecule has 0 saturated heterocycles. The predicted octanol–water partition coefficient (Wildman–Crippen LogP) is 3.33. The van der Waals surface area contributed by atoms with Gasteiger partial charge in [0.15, 0.2) is 0 Å². The first-order valence-electron chi connectivity index (χ1n) is 8.83. The molecule has 1 aliphatic rings. The topological polar surface area (TPSA) is 75.4 Å². The third kappa shape index (κ3) is 9.24. The zero-order valence-electron chi connectivity index (χ0n) is 14.3. The average molecular weight is 320 g/mol. The highest BCUT2D eigenvalue weighted by Crippen LogP contribution is 2.18. The van der Waals surface area contributed by atoms with Crippen molar-refractivity contribution in [2.45, 2.75) is 76.9 Å². The lowest BCUT2D eigenvalue weighted by molar-refractivity contribution is -0.122. The molecule has 130 valence electrons. The van der Waals surface area contributed by atoms with Gasteiger partial charge in [-0.05, 0) is 69.7 Å². The third-order valence-electron chi connectivity index (χ3n) is 4.23. The summed E-state index contributed by atoms with van der Waals surface area (Å²) in [5.74, 6) is 0.154. The van der Waals surface area contributed by atoms with Gasteiger partial charge in [0.2, 0.25) is 5.91 Å². The molecule has 23 heavy (non-hydrogen) atoms. The van der Waals surface area contributed by atoms with E-state index in [9.17, 15) is 9.90 Å². The Kier molecular flexibility index (Phi) is 10.1. The van der Waals surface area contributed by atoms with Crippen LogP contribution in [0.1, 0.15) is 64.7 Å². The molecule has 0 spiro atoms. The van der Waals surface area contributed by atoms with E-state index in [0.29, 0.717) is 6.42 Å². The van der Waals surface area contributed by atoms with E-state index in [4.69, 9.17) is 5.73 Å². The molecule has 0 unspecified atom stereocenters. The first-order valence-corrected chi connectivity index (χ1v) is 8.83. The molecule has 1 saturated carbocycles. The molecule has 0 bridgehead atoms. The highest BCUT2D eigenvalue weighted by atomic mass is 16.3. The number of hydrogen-bond donors (Lipinski definition) is 3. The molecule has 1 amide bonds. The van der Waals surface area contributed by atoms with Crippen LogP contribution in [0.15, 0.2) is 36.1 Å². The minimum atomic E-state index is -0.170. The van der Waals surface area contributed by atoms with Crippen LogP contribution in [0.3, 0.4) is 0 Å². The Labute approximate surface area is 140 Å². The van der Waals surface area contributed by atoms with Gasteiger partial charge in [0.1, 0.15) is 0 Å². The number of unbranched alkanes of at least 4 members (excludes halogenated alkanes) is 2. The van der Waals surface area contributed by atoms with E-state index < -0.39 is 0 Å². The van der Waals surface area contributed by atoms with E-state index >= 15 is 0 Å². The van der Waals surface area contributed by atoms with E-state index in [1.165, 1.54) is 11.8 Å². The molecule has 0 aromatic heterocycles. The quantitative estimate of drug-likeness (QED) is 0.450. The lowest BCUT2D eigenvalue weighted by Gasteiger charge is -2.26. The van der Waals surface area contributed by atoms with E-state index in [1.807, 2.05) is 25.2 Å². The van der Waals surface area contributed by atoms with E-state index in [-0.39, 0.29) is 18.1 Å². The SMILES string of the molecule is C\C=C/C(=C\C=C/N)CCCCCC(=O)NC1CCC(O)CC1. The first-order chi connectivity index (χ1) is 11.2. The molecule has 0 aromatic rings. The van der Waals surface area contributed by atoms with Crippen molar-refractivity contribution in [3.05, 3.63) is 36.1 Å². The Balaban J connectivity index is 2.12. The van der Waals surface area contributed by atoms with Crippen LogP contribution < -0.4 is 11.1 Å². The number of nitrogens with two attached hydrogens (primary N) is 1. The molecule has 4 N–H and O–H groups in total. The number of nitrogens with one attached hydrogen (secondary N) is 1. The largest absolute Gasteiger partial charge is 0.405 e. The van der Waals surface area contributed by atoms with Crippen molar-refractivity contribution in [1.82, 2.24) is 5.32 Å². The number of carbonyl (C=O) groups excluding carboxylic acids is 1. The van der Waals surface area contributed by atoms with E-state index in [1.54, 1.807) is 0 Å². The van der Waals surface area contributed by atoms with Gasteiger partial charge in [-0.2, -0.15) is 0 Å². The fourth-order valence-corrected chi connectivity index (χ4v) is 2.93. The third-order valence-corrected chi connectivity index (χ3v) is 4.23. The monoisotopic (exact) mass is 320 g/mol.